The summed E-state index contributed by atoms with van der Waals surface area (Å²) < 4.78 is 10.5. The van der Waals surface area contributed by atoms with Crippen LogP contribution in [0.25, 0.3) is 0 Å². The summed E-state index contributed by atoms with van der Waals surface area (Å²) in [6, 6.07) is 12.6. The van der Waals surface area contributed by atoms with Gasteiger partial charge in [0.15, 0.2) is 0 Å². The molecule has 0 spiro atoms. The topological polar surface area (TPSA) is 89.0 Å². The Balaban J connectivity index is 1.75. The number of rotatable bonds is 9. The van der Waals surface area contributed by atoms with Gasteiger partial charge in [-0.1, -0.05) is 0 Å². The highest BCUT2D eigenvalue weighted by molar-refractivity contribution is 5.93. The van der Waals surface area contributed by atoms with Crippen molar-refractivity contribution in [3.63, 3.8) is 0 Å². The fraction of sp³-hybridized carbons (Fsp3) is 0.286. The van der Waals surface area contributed by atoms with E-state index in [9.17, 15) is 9.59 Å². The van der Waals surface area contributed by atoms with Crippen LogP contribution in [-0.2, 0) is 9.59 Å². The van der Waals surface area contributed by atoms with Crippen molar-refractivity contribution in [1.82, 2.24) is 5.43 Å². The number of carbonyl (C=O) groups excluding carboxylic acids is 2. The van der Waals surface area contributed by atoms with Crippen molar-refractivity contribution >= 4 is 23.7 Å². The van der Waals surface area contributed by atoms with E-state index in [4.69, 9.17) is 9.47 Å². The summed E-state index contributed by atoms with van der Waals surface area (Å²) >= 11 is 0. The lowest BCUT2D eigenvalue weighted by molar-refractivity contribution is -0.124. The fourth-order valence-electron chi connectivity index (χ4n) is 2.40. The molecule has 7 nitrogen and oxygen atoms in total. The van der Waals surface area contributed by atoms with Crippen LogP contribution in [0.2, 0.25) is 0 Å². The number of benzene rings is 2. The number of hydrogen-bond acceptors (Lipinski definition) is 5. The van der Waals surface area contributed by atoms with Crippen molar-refractivity contribution in [2.24, 2.45) is 5.10 Å². The molecular weight excluding hydrogens is 358 g/mol. The van der Waals surface area contributed by atoms with Crippen molar-refractivity contribution in [3.8, 4) is 11.5 Å². The maximum absolute atomic E-state index is 12.0. The molecule has 0 radical (unpaired) electrons. The molecule has 0 atom stereocenters. The van der Waals surface area contributed by atoms with Crippen LogP contribution in [0.3, 0.4) is 0 Å². The van der Waals surface area contributed by atoms with E-state index in [1.54, 1.807) is 37.6 Å². The smallest absolute Gasteiger partial charge is 0.240 e. The Morgan fingerprint density at radius 3 is 2.36 bits per heavy atom. The molecule has 0 aliphatic heterocycles. The molecule has 148 valence electrons. The van der Waals surface area contributed by atoms with Crippen molar-refractivity contribution in [2.75, 3.05) is 19.0 Å². The largest absolute Gasteiger partial charge is 0.497 e. The van der Waals surface area contributed by atoms with Crippen LogP contribution in [0.15, 0.2) is 47.6 Å². The van der Waals surface area contributed by atoms with E-state index in [0.717, 1.165) is 22.6 Å². The van der Waals surface area contributed by atoms with Crippen LogP contribution in [0.1, 0.15) is 30.9 Å². The van der Waals surface area contributed by atoms with Gasteiger partial charge in [-0.25, -0.2) is 5.43 Å². The van der Waals surface area contributed by atoms with E-state index in [2.05, 4.69) is 15.8 Å². The average Bonchev–Trinajstić information content (AvgIpc) is 2.69. The molecule has 28 heavy (non-hydrogen) atoms. The zero-order valence-electron chi connectivity index (χ0n) is 16.3. The summed E-state index contributed by atoms with van der Waals surface area (Å²) in [5.74, 6) is 0.931. The summed E-state index contributed by atoms with van der Waals surface area (Å²) in [4.78, 5) is 23.8. The van der Waals surface area contributed by atoms with Crippen LogP contribution in [0, 0.1) is 6.92 Å². The molecule has 0 aromatic heterocycles. The quantitative estimate of drug-likeness (QED) is 0.514. The van der Waals surface area contributed by atoms with Gasteiger partial charge in [0.05, 0.1) is 19.9 Å². The predicted octanol–water partition coefficient (Wildman–Crippen LogP) is 3.27. The van der Waals surface area contributed by atoms with E-state index < -0.39 is 0 Å². The van der Waals surface area contributed by atoms with Gasteiger partial charge in [-0.3, -0.25) is 9.59 Å². The van der Waals surface area contributed by atoms with Crippen LogP contribution in [-0.4, -0.2) is 31.7 Å². The number of hydrogen-bond donors (Lipinski definition) is 2. The molecule has 2 rings (SSSR count). The summed E-state index contributed by atoms with van der Waals surface area (Å²) in [7, 11) is 1.61. The molecule has 2 aromatic rings. The maximum atomic E-state index is 12.0. The second-order valence-electron chi connectivity index (χ2n) is 6.02. The van der Waals surface area contributed by atoms with Gasteiger partial charge < -0.3 is 14.8 Å². The first-order valence-corrected chi connectivity index (χ1v) is 9.01. The van der Waals surface area contributed by atoms with Crippen LogP contribution >= 0.6 is 0 Å². The normalized spacial score (nSPS) is 10.5. The van der Waals surface area contributed by atoms with Crippen molar-refractivity contribution in [2.45, 2.75) is 26.7 Å². The minimum atomic E-state index is -0.329. The number of methoxy groups -OCH3 is 1. The van der Waals surface area contributed by atoms with Gasteiger partial charge in [-0.05, 0) is 67.4 Å². The van der Waals surface area contributed by atoms with Gasteiger partial charge in [-0.15, -0.1) is 0 Å². The highest BCUT2D eigenvalue weighted by atomic mass is 16.5. The highest BCUT2D eigenvalue weighted by Crippen LogP contribution is 2.16. The highest BCUT2D eigenvalue weighted by Gasteiger charge is 2.07. The molecule has 0 bridgehead atoms. The summed E-state index contributed by atoms with van der Waals surface area (Å²) in [6.07, 6.45) is 1.67. The van der Waals surface area contributed by atoms with Crippen LogP contribution in [0.4, 0.5) is 5.69 Å². The molecule has 0 saturated carbocycles. The standard InChI is InChI=1S/C21H25N3O4/c1-4-28-18-9-6-17(7-10-18)23-20(25)11-12-21(26)24-22-14-16-5-8-19(27-3)13-15(16)2/h5-10,13-14H,4,11-12H2,1-3H3,(H,23,25)(H,24,26). The molecule has 0 fully saturated rings. The minimum Gasteiger partial charge on any atom is -0.497 e. The van der Waals surface area contributed by atoms with Gasteiger partial charge in [-0.2, -0.15) is 5.10 Å². The first-order chi connectivity index (χ1) is 13.5. The number of amides is 2. The second kappa shape index (κ2) is 10.7. The van der Waals surface area contributed by atoms with Gasteiger partial charge in [0, 0.05) is 18.5 Å². The summed E-state index contributed by atoms with van der Waals surface area (Å²) in [6.45, 7) is 4.42. The van der Waals surface area contributed by atoms with Crippen molar-refractivity contribution < 1.29 is 19.1 Å². The first kappa shape index (κ1) is 21.0. The Morgan fingerprint density at radius 1 is 1.04 bits per heavy atom. The zero-order valence-corrected chi connectivity index (χ0v) is 16.3. The molecule has 0 heterocycles. The zero-order chi connectivity index (χ0) is 20.4. The van der Waals surface area contributed by atoms with Crippen LogP contribution in [0.5, 0.6) is 11.5 Å². The van der Waals surface area contributed by atoms with Gasteiger partial charge in [0.25, 0.3) is 0 Å². The number of hydrazone groups is 1. The monoisotopic (exact) mass is 383 g/mol. The maximum Gasteiger partial charge on any atom is 0.240 e. The number of carbonyl (C=O) groups is 2. The number of nitrogens with zero attached hydrogens (tertiary/aromatic N) is 1. The third kappa shape index (κ3) is 6.75. The van der Waals surface area contributed by atoms with E-state index >= 15 is 0 Å². The van der Waals surface area contributed by atoms with E-state index in [-0.39, 0.29) is 24.7 Å². The van der Waals surface area contributed by atoms with Gasteiger partial charge in [0.1, 0.15) is 11.5 Å². The molecule has 0 aliphatic rings. The Bertz CT molecular complexity index is 832. The lowest BCUT2D eigenvalue weighted by Gasteiger charge is -2.07. The molecule has 2 aromatic carbocycles. The van der Waals surface area contributed by atoms with E-state index in [1.807, 2.05) is 32.0 Å². The number of anilines is 1. The number of aryl methyl sites for hydroxylation is 1. The Morgan fingerprint density at radius 2 is 1.71 bits per heavy atom. The van der Waals surface area contributed by atoms with E-state index in [1.165, 1.54) is 0 Å². The molecule has 2 N–H and O–H groups in total. The van der Waals surface area contributed by atoms with Gasteiger partial charge >= 0.3 is 0 Å². The number of nitrogens with one attached hydrogen (secondary N) is 2. The van der Waals surface area contributed by atoms with Crippen molar-refractivity contribution in [1.29, 1.82) is 0 Å². The minimum absolute atomic E-state index is 0.0434. The molecule has 2 amide bonds. The summed E-state index contributed by atoms with van der Waals surface area (Å²) in [5, 5.41) is 6.68. The average molecular weight is 383 g/mol. The van der Waals surface area contributed by atoms with Crippen molar-refractivity contribution in [3.05, 3.63) is 53.6 Å². The molecular formula is C21H25N3O4. The van der Waals surface area contributed by atoms with Gasteiger partial charge in [0.2, 0.25) is 11.8 Å². The SMILES string of the molecule is CCOc1ccc(NC(=O)CCC(=O)NN=Cc2ccc(OC)cc2C)cc1. The molecule has 7 heteroatoms. The second-order valence-corrected chi connectivity index (χ2v) is 6.02. The Labute approximate surface area is 164 Å². The summed E-state index contributed by atoms with van der Waals surface area (Å²) in [5.41, 5.74) is 4.93. The molecule has 0 unspecified atom stereocenters. The predicted molar refractivity (Wildman–Crippen MR) is 109 cm³/mol. The molecule has 0 aliphatic carbocycles. The molecule has 0 saturated heterocycles. The van der Waals surface area contributed by atoms with Crippen LogP contribution < -0.4 is 20.2 Å². The Kier molecular flexibility index (Phi) is 8.02. The lowest BCUT2D eigenvalue weighted by Crippen LogP contribution is -2.20. The third-order valence-corrected chi connectivity index (χ3v) is 3.90. The number of ether oxygens (including phenoxy) is 2. The van der Waals surface area contributed by atoms with E-state index in [0.29, 0.717) is 12.3 Å². The Hall–Kier alpha value is -3.35. The fourth-order valence-corrected chi connectivity index (χ4v) is 2.40. The first-order valence-electron chi connectivity index (χ1n) is 9.01. The lowest BCUT2D eigenvalue weighted by atomic mass is 10.1. The third-order valence-electron chi connectivity index (χ3n) is 3.90.